The highest BCUT2D eigenvalue weighted by molar-refractivity contribution is 5.83. The molecular formula is C34H39N5O2. The molecule has 41 heavy (non-hydrogen) atoms. The average Bonchev–Trinajstić information content (AvgIpc) is 3.63. The van der Waals surface area contributed by atoms with Gasteiger partial charge in [-0.3, -0.25) is 4.90 Å². The fraction of sp³-hybridized carbons (Fsp3) is 0.353. The van der Waals surface area contributed by atoms with E-state index in [1.165, 1.54) is 41.3 Å². The van der Waals surface area contributed by atoms with Crippen molar-refractivity contribution >= 4 is 10.9 Å². The third kappa shape index (κ3) is 6.00. The van der Waals surface area contributed by atoms with Crippen LogP contribution in [0.3, 0.4) is 0 Å². The molecule has 1 fully saturated rings. The third-order valence-electron chi connectivity index (χ3n) is 8.38. The van der Waals surface area contributed by atoms with Gasteiger partial charge in [0.2, 0.25) is 0 Å². The number of piperidine rings is 1. The molecule has 1 aliphatic rings. The smallest absolute Gasteiger partial charge is 0.151 e. The van der Waals surface area contributed by atoms with Crippen molar-refractivity contribution in [3.8, 4) is 11.5 Å². The molecule has 0 bridgehead atoms. The van der Waals surface area contributed by atoms with Gasteiger partial charge in [0.15, 0.2) is 5.82 Å². The molecule has 212 valence electrons. The number of aromatic nitrogens is 4. The lowest BCUT2D eigenvalue weighted by Crippen LogP contribution is -2.36. The van der Waals surface area contributed by atoms with Gasteiger partial charge in [-0.05, 0) is 68.1 Å². The second-order valence-corrected chi connectivity index (χ2v) is 10.9. The molecule has 1 N–H and O–H groups in total. The van der Waals surface area contributed by atoms with Crippen LogP contribution in [0.1, 0.15) is 53.6 Å². The number of rotatable bonds is 11. The Morgan fingerprint density at radius 2 is 1.63 bits per heavy atom. The number of methoxy groups -OCH3 is 2. The maximum Gasteiger partial charge on any atom is 0.151 e. The van der Waals surface area contributed by atoms with Crippen molar-refractivity contribution in [3.05, 3.63) is 107 Å². The lowest BCUT2D eigenvalue weighted by molar-refractivity contribution is 0.153. The largest absolute Gasteiger partial charge is 0.497 e. The molecule has 1 saturated heterocycles. The van der Waals surface area contributed by atoms with Crippen LogP contribution in [0.15, 0.2) is 79.0 Å². The van der Waals surface area contributed by atoms with E-state index in [1.807, 2.05) is 12.1 Å². The lowest BCUT2D eigenvalue weighted by Gasteiger charge is -2.34. The fourth-order valence-corrected chi connectivity index (χ4v) is 6.13. The molecule has 0 amide bonds. The topological polar surface area (TPSA) is 68.2 Å². The highest BCUT2D eigenvalue weighted by Gasteiger charge is 2.29. The van der Waals surface area contributed by atoms with Gasteiger partial charge in [0.05, 0.1) is 26.8 Å². The van der Waals surface area contributed by atoms with Crippen LogP contribution >= 0.6 is 0 Å². The van der Waals surface area contributed by atoms with E-state index in [-0.39, 0.29) is 6.04 Å². The number of nitrogens with one attached hydrogen (secondary N) is 1. The Hall–Kier alpha value is -4.10. The molecule has 0 radical (unpaired) electrons. The minimum Gasteiger partial charge on any atom is -0.497 e. The summed E-state index contributed by atoms with van der Waals surface area (Å²) >= 11 is 0. The Morgan fingerprint density at radius 1 is 0.829 bits per heavy atom. The molecule has 0 saturated carbocycles. The fourth-order valence-electron chi connectivity index (χ4n) is 6.13. The van der Waals surface area contributed by atoms with E-state index in [1.54, 1.807) is 14.2 Å². The van der Waals surface area contributed by atoms with Crippen LogP contribution in [0.5, 0.6) is 11.5 Å². The zero-order valence-corrected chi connectivity index (χ0v) is 24.1. The maximum absolute atomic E-state index is 5.81. The van der Waals surface area contributed by atoms with Gasteiger partial charge in [0.25, 0.3) is 0 Å². The number of ether oxygens (including phenoxy) is 2. The number of hydrogen-bond donors (Lipinski definition) is 1. The summed E-state index contributed by atoms with van der Waals surface area (Å²) in [5.41, 5.74) is 4.88. The second-order valence-electron chi connectivity index (χ2n) is 10.9. The van der Waals surface area contributed by atoms with E-state index in [9.17, 15) is 0 Å². The Kier molecular flexibility index (Phi) is 8.33. The van der Waals surface area contributed by atoms with Crippen molar-refractivity contribution in [2.75, 3.05) is 27.3 Å². The van der Waals surface area contributed by atoms with Gasteiger partial charge in [0.1, 0.15) is 17.3 Å². The Balaban J connectivity index is 1.40. The number of H-pyrrole nitrogens is 1. The van der Waals surface area contributed by atoms with Gasteiger partial charge in [-0.25, -0.2) is 0 Å². The Bertz CT molecular complexity index is 1570. The molecule has 0 spiro atoms. The van der Waals surface area contributed by atoms with Crippen LogP contribution in [0, 0.1) is 0 Å². The number of hydrogen-bond acceptors (Lipinski definition) is 5. The third-order valence-corrected chi connectivity index (χ3v) is 8.38. The van der Waals surface area contributed by atoms with Crippen LogP contribution in [0.25, 0.3) is 10.9 Å². The Labute approximate surface area is 242 Å². The molecular weight excluding hydrogens is 510 g/mol. The first-order valence-electron chi connectivity index (χ1n) is 14.7. The first kappa shape index (κ1) is 27.1. The second kappa shape index (κ2) is 12.6. The zero-order valence-electron chi connectivity index (χ0n) is 24.1. The molecule has 7 heteroatoms. The number of aromatic amines is 1. The highest BCUT2D eigenvalue weighted by atomic mass is 16.5. The van der Waals surface area contributed by atoms with Gasteiger partial charge in [0, 0.05) is 35.2 Å². The van der Waals surface area contributed by atoms with Crippen LogP contribution < -0.4 is 9.47 Å². The van der Waals surface area contributed by atoms with Crippen molar-refractivity contribution in [1.29, 1.82) is 0 Å². The van der Waals surface area contributed by atoms with Crippen molar-refractivity contribution in [3.63, 3.8) is 0 Å². The van der Waals surface area contributed by atoms with Gasteiger partial charge in [-0.15, -0.1) is 10.2 Å². The molecule has 6 rings (SSSR count). The normalized spacial score (nSPS) is 14.8. The van der Waals surface area contributed by atoms with Crippen molar-refractivity contribution in [1.82, 2.24) is 24.6 Å². The average molecular weight is 550 g/mol. The van der Waals surface area contributed by atoms with E-state index in [0.29, 0.717) is 6.54 Å². The molecule has 1 atom stereocenters. The number of fused-ring (bicyclic) bond motifs is 1. The predicted molar refractivity (Wildman–Crippen MR) is 163 cm³/mol. The minimum atomic E-state index is 0.122. The SMILES string of the molecule is COc1ccc(Cn2c(CCc3ccccc3)nnc2[C@@H](Cc2c[nH]c3ccccc23)N2CCCCC2)c(OC)c1. The Morgan fingerprint density at radius 3 is 2.44 bits per heavy atom. The number of aryl methyl sites for hydroxylation is 2. The molecule has 3 heterocycles. The molecule has 0 unspecified atom stereocenters. The van der Waals surface area contributed by atoms with Gasteiger partial charge in [-0.1, -0.05) is 55.0 Å². The molecule has 3 aromatic carbocycles. The van der Waals surface area contributed by atoms with Gasteiger partial charge in [-0.2, -0.15) is 0 Å². The summed E-state index contributed by atoms with van der Waals surface area (Å²) in [4.78, 5) is 6.11. The van der Waals surface area contributed by atoms with Gasteiger partial charge < -0.3 is 19.0 Å². The van der Waals surface area contributed by atoms with Crippen molar-refractivity contribution in [2.45, 2.75) is 51.1 Å². The quantitative estimate of drug-likeness (QED) is 0.207. The number of likely N-dealkylation sites (tertiary alicyclic amines) is 1. The molecule has 2 aromatic heterocycles. The first-order chi connectivity index (χ1) is 20.2. The highest BCUT2D eigenvalue weighted by Crippen LogP contribution is 2.32. The van der Waals surface area contributed by atoms with Crippen LogP contribution in [-0.4, -0.2) is 52.0 Å². The summed E-state index contributed by atoms with van der Waals surface area (Å²) in [5.74, 6) is 3.62. The standard InChI is InChI=1S/C34H39N5O2/c1-40-28-17-16-26(32(22-28)41-2)24-39-33(18-15-25-11-5-3-6-12-25)36-37-34(39)31(38-19-9-4-10-20-38)21-27-23-35-30-14-8-7-13-29(27)30/h3,5-8,11-14,16-17,22-23,31,35H,4,9-10,15,18-21,24H2,1-2H3/t31-/m1/s1. The van der Waals surface area contributed by atoms with E-state index in [4.69, 9.17) is 19.7 Å². The minimum absolute atomic E-state index is 0.122. The number of para-hydroxylation sites is 1. The van der Waals surface area contributed by atoms with Gasteiger partial charge >= 0.3 is 0 Å². The molecule has 0 aliphatic carbocycles. The molecule has 5 aromatic rings. The first-order valence-corrected chi connectivity index (χ1v) is 14.7. The summed E-state index contributed by atoms with van der Waals surface area (Å²) in [5, 5.41) is 11.1. The van der Waals surface area contributed by atoms with Crippen LogP contribution in [-0.2, 0) is 25.8 Å². The summed E-state index contributed by atoms with van der Waals surface area (Å²) in [6.45, 7) is 2.79. The summed E-state index contributed by atoms with van der Waals surface area (Å²) in [6, 6.07) is 25.4. The number of nitrogens with zero attached hydrogens (tertiary/aromatic N) is 4. The van der Waals surface area contributed by atoms with Crippen LogP contribution in [0.4, 0.5) is 0 Å². The van der Waals surface area contributed by atoms with E-state index >= 15 is 0 Å². The van der Waals surface area contributed by atoms with Crippen LogP contribution in [0.2, 0.25) is 0 Å². The summed E-state index contributed by atoms with van der Waals surface area (Å²) in [6.07, 6.45) is 8.49. The molecule has 7 nitrogen and oxygen atoms in total. The summed E-state index contributed by atoms with van der Waals surface area (Å²) < 4.78 is 13.6. The zero-order chi connectivity index (χ0) is 28.0. The molecule has 1 aliphatic heterocycles. The maximum atomic E-state index is 5.81. The van der Waals surface area contributed by atoms with Crippen molar-refractivity contribution < 1.29 is 9.47 Å². The van der Waals surface area contributed by atoms with E-state index in [2.05, 4.69) is 81.3 Å². The predicted octanol–water partition coefficient (Wildman–Crippen LogP) is 6.38. The monoisotopic (exact) mass is 549 g/mol. The number of benzene rings is 3. The summed E-state index contributed by atoms with van der Waals surface area (Å²) in [7, 11) is 3.40. The van der Waals surface area contributed by atoms with E-state index < -0.39 is 0 Å². The van der Waals surface area contributed by atoms with E-state index in [0.717, 1.165) is 61.1 Å². The lowest BCUT2D eigenvalue weighted by atomic mass is 10.00. The van der Waals surface area contributed by atoms with Crippen molar-refractivity contribution in [2.24, 2.45) is 0 Å².